The molecule has 0 aliphatic heterocycles. The van der Waals surface area contributed by atoms with E-state index in [1.807, 2.05) is 6.92 Å². The molecule has 0 unspecified atom stereocenters. The number of nitrogens with zero attached hydrogens (tertiary/aromatic N) is 2. The predicted molar refractivity (Wildman–Crippen MR) is 70.0 cm³/mol. The van der Waals surface area contributed by atoms with Crippen LogP contribution >= 0.6 is 0 Å². The Hall–Kier alpha value is -1.44. The summed E-state index contributed by atoms with van der Waals surface area (Å²) >= 11 is 0. The molecule has 0 spiro atoms. The molecule has 0 amide bonds. The van der Waals surface area contributed by atoms with Crippen molar-refractivity contribution in [3.05, 3.63) is 11.9 Å². The number of unbranched alkanes of at least 4 members (excludes halogenated alkanes) is 1. The van der Waals surface area contributed by atoms with Gasteiger partial charge in [0.2, 0.25) is 0 Å². The van der Waals surface area contributed by atoms with E-state index >= 15 is 0 Å². The summed E-state index contributed by atoms with van der Waals surface area (Å²) in [5, 5.41) is 11.8. The minimum absolute atomic E-state index is 0.205. The summed E-state index contributed by atoms with van der Waals surface area (Å²) in [4.78, 5) is 8.49. The Morgan fingerprint density at radius 2 is 2.11 bits per heavy atom. The minimum atomic E-state index is 0.205. The smallest absolute Gasteiger partial charge is 0.158 e. The normalized spacial score (nSPS) is 10.4. The van der Waals surface area contributed by atoms with E-state index in [2.05, 4.69) is 20.7 Å². The van der Waals surface area contributed by atoms with E-state index in [0.717, 1.165) is 19.4 Å². The Balaban J connectivity index is 2.58. The number of ether oxygens (including phenoxy) is 1. The van der Waals surface area contributed by atoms with Crippen molar-refractivity contribution in [2.75, 3.05) is 30.5 Å². The Morgan fingerprint density at radius 3 is 2.78 bits per heavy atom. The van der Waals surface area contributed by atoms with Crippen molar-refractivity contribution >= 4 is 11.6 Å². The number of rotatable bonds is 9. The fraction of sp³-hybridized carbons (Fsp3) is 0.636. The summed E-state index contributed by atoms with van der Waals surface area (Å²) in [6, 6.07) is 1.73. The number of aliphatic hydroxyl groups excluding tert-OH is 1. The van der Waals surface area contributed by atoms with Crippen molar-refractivity contribution in [3.63, 3.8) is 0 Å². The van der Waals surface area contributed by atoms with Gasteiger partial charge in [-0.2, -0.15) is 0 Å². The van der Waals surface area contributed by atoms with E-state index in [1.54, 1.807) is 6.07 Å². The van der Waals surface area contributed by atoms with Crippen LogP contribution in [0.25, 0.3) is 0 Å². The first-order valence-corrected chi connectivity index (χ1v) is 6.07. The molecule has 0 atom stereocenters. The van der Waals surface area contributed by atoms with Gasteiger partial charge in [0.15, 0.2) is 5.82 Å². The molecule has 0 saturated carbocycles. The van der Waals surface area contributed by atoms with Crippen LogP contribution in [0, 0.1) is 0 Å². The van der Waals surface area contributed by atoms with E-state index in [9.17, 15) is 0 Å². The maximum absolute atomic E-state index is 8.69. The van der Waals surface area contributed by atoms with Crippen LogP contribution in [-0.2, 0) is 11.3 Å². The summed E-state index contributed by atoms with van der Waals surface area (Å²) in [6.45, 7) is 3.84. The monoisotopic (exact) mass is 255 g/mol. The number of hydrazine groups is 1. The van der Waals surface area contributed by atoms with Crippen molar-refractivity contribution in [2.45, 2.75) is 26.4 Å². The molecular formula is C11H21N5O2. The third-order valence-electron chi connectivity index (χ3n) is 2.25. The largest absolute Gasteiger partial charge is 0.396 e. The van der Waals surface area contributed by atoms with Crippen molar-refractivity contribution in [1.82, 2.24) is 9.97 Å². The summed E-state index contributed by atoms with van der Waals surface area (Å²) < 4.78 is 5.26. The number of hydrogen-bond acceptors (Lipinski definition) is 7. The topological polar surface area (TPSA) is 105 Å². The Morgan fingerprint density at radius 1 is 1.33 bits per heavy atom. The lowest BCUT2D eigenvalue weighted by atomic mass is 10.3. The van der Waals surface area contributed by atoms with Gasteiger partial charge < -0.3 is 20.6 Å². The Bertz CT molecular complexity index is 348. The van der Waals surface area contributed by atoms with Gasteiger partial charge in [0, 0.05) is 25.8 Å². The molecule has 0 bridgehead atoms. The molecule has 1 aromatic heterocycles. The van der Waals surface area contributed by atoms with Crippen LogP contribution in [0.4, 0.5) is 11.6 Å². The molecule has 1 heterocycles. The highest BCUT2D eigenvalue weighted by Crippen LogP contribution is 2.11. The number of nitrogens with two attached hydrogens (primary N) is 1. The maximum Gasteiger partial charge on any atom is 0.158 e. The predicted octanol–water partition coefficient (Wildman–Crippen LogP) is 0.483. The molecule has 7 heteroatoms. The Kier molecular flexibility index (Phi) is 7.00. The SMILES string of the molecule is CCOCc1nc(NN)cc(NCCCCO)n1. The van der Waals surface area contributed by atoms with Gasteiger partial charge in [-0.3, -0.25) is 0 Å². The van der Waals surface area contributed by atoms with Gasteiger partial charge in [0.05, 0.1) is 0 Å². The van der Waals surface area contributed by atoms with Gasteiger partial charge in [-0.05, 0) is 19.8 Å². The Labute approximate surface area is 107 Å². The molecule has 5 N–H and O–H groups in total. The standard InChI is InChI=1S/C11H21N5O2/c1-2-18-8-11-14-9(7-10(15-11)16-12)13-5-3-4-6-17/h7,17H,2-6,8,12H2,1H3,(H2,13,14,15,16). The molecule has 0 aromatic carbocycles. The summed E-state index contributed by atoms with van der Waals surface area (Å²) in [5.41, 5.74) is 2.50. The zero-order valence-corrected chi connectivity index (χ0v) is 10.6. The van der Waals surface area contributed by atoms with E-state index in [1.165, 1.54) is 0 Å². The van der Waals surface area contributed by atoms with Crippen LogP contribution in [-0.4, -0.2) is 34.8 Å². The quantitative estimate of drug-likeness (QED) is 0.289. The van der Waals surface area contributed by atoms with Gasteiger partial charge in [-0.1, -0.05) is 0 Å². The fourth-order valence-corrected chi connectivity index (χ4v) is 1.37. The van der Waals surface area contributed by atoms with E-state index in [0.29, 0.717) is 30.7 Å². The lowest BCUT2D eigenvalue weighted by molar-refractivity contribution is 0.128. The first-order valence-electron chi connectivity index (χ1n) is 6.07. The second kappa shape index (κ2) is 8.62. The molecule has 0 aliphatic carbocycles. The first-order chi connectivity index (χ1) is 8.80. The second-order valence-corrected chi connectivity index (χ2v) is 3.69. The highest BCUT2D eigenvalue weighted by Gasteiger charge is 2.03. The zero-order chi connectivity index (χ0) is 13.2. The van der Waals surface area contributed by atoms with Crippen molar-refractivity contribution in [1.29, 1.82) is 0 Å². The average molecular weight is 255 g/mol. The van der Waals surface area contributed by atoms with Gasteiger partial charge in [-0.15, -0.1) is 0 Å². The number of hydrogen-bond donors (Lipinski definition) is 4. The summed E-state index contributed by atoms with van der Waals surface area (Å²) in [6.07, 6.45) is 1.65. The van der Waals surface area contributed by atoms with Crippen LogP contribution < -0.4 is 16.6 Å². The van der Waals surface area contributed by atoms with E-state index < -0.39 is 0 Å². The summed E-state index contributed by atoms with van der Waals surface area (Å²) in [5.74, 6) is 7.18. The number of anilines is 2. The second-order valence-electron chi connectivity index (χ2n) is 3.69. The average Bonchev–Trinajstić information content (AvgIpc) is 2.41. The molecule has 0 radical (unpaired) electrons. The fourth-order valence-electron chi connectivity index (χ4n) is 1.37. The molecule has 1 rings (SSSR count). The van der Waals surface area contributed by atoms with Crippen molar-refractivity contribution in [3.8, 4) is 0 Å². The molecule has 0 fully saturated rings. The van der Waals surface area contributed by atoms with Crippen LogP contribution in [0.2, 0.25) is 0 Å². The molecule has 18 heavy (non-hydrogen) atoms. The number of nitrogen functional groups attached to an aromatic ring is 1. The first kappa shape index (κ1) is 14.6. The zero-order valence-electron chi connectivity index (χ0n) is 10.6. The highest BCUT2D eigenvalue weighted by molar-refractivity contribution is 5.46. The number of aliphatic hydroxyl groups is 1. The molecule has 1 aromatic rings. The van der Waals surface area contributed by atoms with Gasteiger partial charge in [-0.25, -0.2) is 15.8 Å². The molecular weight excluding hydrogens is 234 g/mol. The molecule has 7 nitrogen and oxygen atoms in total. The number of aromatic nitrogens is 2. The van der Waals surface area contributed by atoms with Gasteiger partial charge in [0.25, 0.3) is 0 Å². The molecule has 102 valence electrons. The lowest BCUT2D eigenvalue weighted by Crippen LogP contribution is -2.13. The molecule has 0 saturated heterocycles. The molecule has 0 aliphatic rings. The lowest BCUT2D eigenvalue weighted by Gasteiger charge is -2.09. The highest BCUT2D eigenvalue weighted by atomic mass is 16.5. The third kappa shape index (κ3) is 5.26. The van der Waals surface area contributed by atoms with Crippen LogP contribution in [0.3, 0.4) is 0 Å². The van der Waals surface area contributed by atoms with Gasteiger partial charge >= 0.3 is 0 Å². The maximum atomic E-state index is 8.69. The van der Waals surface area contributed by atoms with Crippen molar-refractivity contribution < 1.29 is 9.84 Å². The minimum Gasteiger partial charge on any atom is -0.396 e. The van der Waals surface area contributed by atoms with Crippen LogP contribution in [0.5, 0.6) is 0 Å². The van der Waals surface area contributed by atoms with Crippen LogP contribution in [0.1, 0.15) is 25.6 Å². The van der Waals surface area contributed by atoms with E-state index in [-0.39, 0.29) is 6.61 Å². The van der Waals surface area contributed by atoms with E-state index in [4.69, 9.17) is 15.7 Å². The third-order valence-corrected chi connectivity index (χ3v) is 2.25. The van der Waals surface area contributed by atoms with Gasteiger partial charge in [0.1, 0.15) is 18.2 Å². The van der Waals surface area contributed by atoms with Crippen molar-refractivity contribution in [2.24, 2.45) is 5.84 Å². The number of nitrogens with one attached hydrogen (secondary N) is 2. The van der Waals surface area contributed by atoms with Crippen LogP contribution in [0.15, 0.2) is 6.07 Å². The summed E-state index contributed by atoms with van der Waals surface area (Å²) in [7, 11) is 0.